The van der Waals surface area contributed by atoms with E-state index in [1.165, 1.54) is 4.90 Å². The molecule has 1 spiro atoms. The number of rotatable bonds is 14. The lowest BCUT2D eigenvalue weighted by molar-refractivity contribution is -0.155. The molecule has 4 rings (SSSR count). The Kier molecular flexibility index (Phi) is 9.20. The number of amides is 3. The SMILES string of the molecule is C=CCN(CCCCC)C(=O)C1N(CCO)C(=O)[C@@H]2[C@H](C(=O)N(CC=C)Cc3ccccc3)[C@@]3(C)OC12CC3C. The van der Waals surface area contributed by atoms with Crippen LogP contribution in [0.25, 0.3) is 0 Å². The minimum absolute atomic E-state index is 0.0140. The van der Waals surface area contributed by atoms with Gasteiger partial charge in [0.1, 0.15) is 11.6 Å². The van der Waals surface area contributed by atoms with Crippen LogP contribution in [-0.2, 0) is 25.7 Å². The number of ether oxygens (including phenoxy) is 1. The second-order valence-electron chi connectivity index (χ2n) is 11.7. The predicted octanol–water partition coefficient (Wildman–Crippen LogP) is 3.41. The third kappa shape index (κ3) is 5.00. The van der Waals surface area contributed by atoms with Crippen LogP contribution in [-0.4, -0.2) is 87.6 Å². The van der Waals surface area contributed by atoms with E-state index in [2.05, 4.69) is 20.1 Å². The van der Waals surface area contributed by atoms with Crippen LogP contribution in [0.2, 0.25) is 0 Å². The van der Waals surface area contributed by atoms with Gasteiger partial charge in [0.15, 0.2) is 0 Å². The smallest absolute Gasteiger partial charge is 0.248 e. The minimum Gasteiger partial charge on any atom is -0.395 e. The first-order valence-corrected chi connectivity index (χ1v) is 14.6. The Morgan fingerprint density at radius 3 is 2.42 bits per heavy atom. The van der Waals surface area contributed by atoms with E-state index in [0.717, 1.165) is 24.8 Å². The van der Waals surface area contributed by atoms with Crippen molar-refractivity contribution in [3.8, 4) is 0 Å². The number of benzene rings is 1. The summed E-state index contributed by atoms with van der Waals surface area (Å²) in [6, 6.07) is 8.84. The first-order chi connectivity index (χ1) is 19.2. The standard InChI is InChI=1S/C32H45N3O5/c1-6-9-13-18-33(16-7-2)30(39)27-32-21-23(4)31(5,40-32)25(26(32)29(38)35(27)19-20-36)28(37)34(17-8-3)22-24-14-11-10-12-15-24/h7-8,10-12,14-15,23,25-27,36H,2-3,6,9,13,16-22H2,1,4-5H3/t23?,25-,26+,27?,31+,32?/m1/s1. The fourth-order valence-electron chi connectivity index (χ4n) is 7.30. The summed E-state index contributed by atoms with van der Waals surface area (Å²) < 4.78 is 6.84. The lowest BCUT2D eigenvalue weighted by atomic mass is 9.62. The van der Waals surface area contributed by atoms with Gasteiger partial charge in [0.05, 0.1) is 24.0 Å². The van der Waals surface area contributed by atoms with E-state index >= 15 is 0 Å². The number of hydrogen-bond acceptors (Lipinski definition) is 5. The molecule has 40 heavy (non-hydrogen) atoms. The van der Waals surface area contributed by atoms with E-state index in [1.807, 2.05) is 44.2 Å². The summed E-state index contributed by atoms with van der Waals surface area (Å²) >= 11 is 0. The molecule has 1 aromatic carbocycles. The third-order valence-corrected chi connectivity index (χ3v) is 9.23. The van der Waals surface area contributed by atoms with Gasteiger partial charge in [-0.15, -0.1) is 13.2 Å². The topological polar surface area (TPSA) is 90.4 Å². The summed E-state index contributed by atoms with van der Waals surface area (Å²) in [7, 11) is 0. The number of aliphatic hydroxyl groups excluding tert-OH is 1. The molecule has 8 nitrogen and oxygen atoms in total. The fraction of sp³-hybridized carbons (Fsp3) is 0.594. The Labute approximate surface area is 238 Å². The first-order valence-electron chi connectivity index (χ1n) is 14.6. The summed E-state index contributed by atoms with van der Waals surface area (Å²) in [5.41, 5.74) is -1.05. The summed E-state index contributed by atoms with van der Waals surface area (Å²) in [4.78, 5) is 47.8. The van der Waals surface area contributed by atoms with E-state index in [-0.39, 0.29) is 36.8 Å². The van der Waals surface area contributed by atoms with Crippen LogP contribution < -0.4 is 0 Å². The molecule has 218 valence electrons. The molecule has 3 heterocycles. The molecule has 3 amide bonds. The van der Waals surface area contributed by atoms with Crippen molar-refractivity contribution >= 4 is 17.7 Å². The molecular weight excluding hydrogens is 506 g/mol. The first kappa shape index (κ1) is 30.0. The van der Waals surface area contributed by atoms with E-state index in [1.54, 1.807) is 22.0 Å². The zero-order valence-electron chi connectivity index (χ0n) is 24.3. The van der Waals surface area contributed by atoms with Crippen molar-refractivity contribution < 1.29 is 24.2 Å². The average Bonchev–Trinajstić information content (AvgIpc) is 3.45. The van der Waals surface area contributed by atoms with Crippen molar-refractivity contribution in [2.45, 2.75) is 70.2 Å². The number of hydrogen-bond donors (Lipinski definition) is 1. The van der Waals surface area contributed by atoms with Crippen LogP contribution in [0.5, 0.6) is 0 Å². The Morgan fingerprint density at radius 1 is 1.12 bits per heavy atom. The average molecular weight is 552 g/mol. The number of fused-ring (bicyclic) bond motifs is 1. The highest BCUT2D eigenvalue weighted by Crippen LogP contribution is 2.65. The highest BCUT2D eigenvalue weighted by molar-refractivity contribution is 5.99. The van der Waals surface area contributed by atoms with Crippen LogP contribution in [0.3, 0.4) is 0 Å². The van der Waals surface area contributed by atoms with Crippen molar-refractivity contribution in [3.05, 3.63) is 61.2 Å². The molecule has 0 aromatic heterocycles. The zero-order valence-corrected chi connectivity index (χ0v) is 24.3. The van der Waals surface area contributed by atoms with Crippen LogP contribution in [0, 0.1) is 17.8 Å². The summed E-state index contributed by atoms with van der Waals surface area (Å²) in [6.07, 6.45) is 6.75. The molecule has 0 saturated carbocycles. The Hall–Kier alpha value is -2.97. The van der Waals surface area contributed by atoms with Crippen molar-refractivity contribution in [1.29, 1.82) is 0 Å². The quantitative estimate of drug-likeness (QED) is 0.283. The molecule has 3 aliphatic heterocycles. The van der Waals surface area contributed by atoms with E-state index in [0.29, 0.717) is 32.6 Å². The normalized spacial score (nSPS) is 30.3. The number of nitrogens with zero attached hydrogens (tertiary/aromatic N) is 3. The van der Waals surface area contributed by atoms with Crippen LogP contribution in [0.1, 0.15) is 52.0 Å². The van der Waals surface area contributed by atoms with Gasteiger partial charge in [0, 0.05) is 32.7 Å². The molecule has 1 N–H and O–H groups in total. The van der Waals surface area contributed by atoms with Gasteiger partial charge in [-0.25, -0.2) is 0 Å². The monoisotopic (exact) mass is 551 g/mol. The molecule has 6 atom stereocenters. The zero-order chi connectivity index (χ0) is 29.1. The van der Waals surface area contributed by atoms with E-state index in [4.69, 9.17) is 4.74 Å². The lowest BCUT2D eigenvalue weighted by Crippen LogP contribution is -2.57. The second kappa shape index (κ2) is 12.3. The fourth-order valence-corrected chi connectivity index (χ4v) is 7.30. The molecule has 0 radical (unpaired) electrons. The number of carbonyl (C=O) groups is 3. The van der Waals surface area contributed by atoms with Crippen molar-refractivity contribution in [3.63, 3.8) is 0 Å². The van der Waals surface area contributed by atoms with E-state index < -0.39 is 29.1 Å². The molecule has 3 unspecified atom stereocenters. The maximum atomic E-state index is 14.4. The molecular formula is C32H45N3O5. The molecule has 8 heteroatoms. The molecule has 3 fully saturated rings. The second-order valence-corrected chi connectivity index (χ2v) is 11.7. The summed E-state index contributed by atoms with van der Waals surface area (Å²) in [5, 5.41) is 9.93. The van der Waals surface area contributed by atoms with Gasteiger partial charge in [0.25, 0.3) is 0 Å². The van der Waals surface area contributed by atoms with E-state index in [9.17, 15) is 19.5 Å². The maximum absolute atomic E-state index is 14.4. The molecule has 1 aromatic rings. The van der Waals surface area contributed by atoms with Crippen LogP contribution >= 0.6 is 0 Å². The van der Waals surface area contributed by atoms with Gasteiger partial charge in [-0.1, -0.05) is 69.2 Å². The highest BCUT2D eigenvalue weighted by Gasteiger charge is 2.80. The van der Waals surface area contributed by atoms with Gasteiger partial charge in [-0.05, 0) is 31.2 Å². The van der Waals surface area contributed by atoms with Gasteiger partial charge in [0.2, 0.25) is 17.7 Å². The van der Waals surface area contributed by atoms with Crippen molar-refractivity contribution in [1.82, 2.24) is 14.7 Å². The summed E-state index contributed by atoms with van der Waals surface area (Å²) in [6.45, 7) is 15.2. The molecule has 0 aliphatic carbocycles. The van der Waals surface area contributed by atoms with Gasteiger partial charge in [-0.3, -0.25) is 14.4 Å². The molecule has 2 bridgehead atoms. The third-order valence-electron chi connectivity index (χ3n) is 9.23. The maximum Gasteiger partial charge on any atom is 0.248 e. The predicted molar refractivity (Wildman–Crippen MR) is 154 cm³/mol. The number of carbonyl (C=O) groups excluding carboxylic acids is 3. The Balaban J connectivity index is 1.74. The molecule has 3 saturated heterocycles. The highest BCUT2D eigenvalue weighted by atomic mass is 16.5. The minimum atomic E-state index is -1.13. The van der Waals surface area contributed by atoms with Gasteiger partial charge >= 0.3 is 0 Å². The van der Waals surface area contributed by atoms with Gasteiger partial charge < -0.3 is 24.5 Å². The number of β-amino-alcohol motifs (C(OH)–C–C–N with tert-alkyl or cyclic N) is 1. The van der Waals surface area contributed by atoms with Crippen LogP contribution in [0.15, 0.2) is 55.6 Å². The largest absolute Gasteiger partial charge is 0.395 e. The number of unbranched alkanes of at least 4 members (excludes halogenated alkanes) is 2. The molecule has 3 aliphatic rings. The van der Waals surface area contributed by atoms with Crippen molar-refractivity contribution in [2.75, 3.05) is 32.8 Å². The van der Waals surface area contributed by atoms with Gasteiger partial charge in [-0.2, -0.15) is 0 Å². The number of aliphatic hydroxyl groups is 1. The Morgan fingerprint density at radius 2 is 1.80 bits per heavy atom. The van der Waals surface area contributed by atoms with Crippen LogP contribution in [0.4, 0.5) is 0 Å². The van der Waals surface area contributed by atoms with Crippen molar-refractivity contribution in [2.24, 2.45) is 17.8 Å². The number of likely N-dealkylation sites (tertiary alicyclic amines) is 1. The lowest BCUT2D eigenvalue weighted by Gasteiger charge is -2.39. The summed E-state index contributed by atoms with van der Waals surface area (Å²) in [5.74, 6) is -2.25. The Bertz CT molecular complexity index is 1110.